The summed E-state index contributed by atoms with van der Waals surface area (Å²) in [6.07, 6.45) is 4.37. The summed E-state index contributed by atoms with van der Waals surface area (Å²) < 4.78 is 22.7. The van der Waals surface area contributed by atoms with E-state index in [2.05, 4.69) is 10.2 Å². The molecule has 2 fully saturated rings. The van der Waals surface area contributed by atoms with Crippen molar-refractivity contribution >= 4 is 15.7 Å². The first-order valence-electron chi connectivity index (χ1n) is 7.35. The number of aliphatic hydroxyl groups is 1. The van der Waals surface area contributed by atoms with Gasteiger partial charge in [-0.05, 0) is 38.6 Å². The third kappa shape index (κ3) is 4.43. The first kappa shape index (κ1) is 15.7. The molecule has 2 aliphatic heterocycles. The molecular formula is C13H24N2O4S. The van der Waals surface area contributed by atoms with Gasteiger partial charge in [-0.15, -0.1) is 0 Å². The van der Waals surface area contributed by atoms with Crippen LogP contribution in [0.1, 0.15) is 32.1 Å². The monoisotopic (exact) mass is 304 g/mol. The molecule has 0 aromatic carbocycles. The van der Waals surface area contributed by atoms with E-state index in [0.717, 1.165) is 32.2 Å². The second kappa shape index (κ2) is 6.87. The van der Waals surface area contributed by atoms with E-state index < -0.39 is 9.84 Å². The van der Waals surface area contributed by atoms with E-state index >= 15 is 0 Å². The van der Waals surface area contributed by atoms with Crippen molar-refractivity contribution in [2.24, 2.45) is 0 Å². The Kier molecular flexibility index (Phi) is 5.40. The van der Waals surface area contributed by atoms with Gasteiger partial charge in [-0.25, -0.2) is 8.42 Å². The van der Waals surface area contributed by atoms with Gasteiger partial charge in [0, 0.05) is 18.7 Å². The zero-order valence-corrected chi connectivity index (χ0v) is 12.6. The molecule has 2 N–H and O–H groups in total. The Morgan fingerprint density at radius 1 is 1.35 bits per heavy atom. The summed E-state index contributed by atoms with van der Waals surface area (Å²) in [6.45, 7) is 1.44. The summed E-state index contributed by atoms with van der Waals surface area (Å²) in [6, 6.07) is 0.159. The van der Waals surface area contributed by atoms with E-state index in [4.69, 9.17) is 5.11 Å². The van der Waals surface area contributed by atoms with E-state index in [1.165, 1.54) is 0 Å². The van der Waals surface area contributed by atoms with Crippen molar-refractivity contribution in [1.29, 1.82) is 0 Å². The molecule has 0 aromatic heterocycles. The van der Waals surface area contributed by atoms with Crippen LogP contribution in [0.25, 0.3) is 0 Å². The molecule has 0 aliphatic carbocycles. The average molecular weight is 304 g/mol. The molecule has 2 aliphatic rings. The average Bonchev–Trinajstić information content (AvgIpc) is 2.93. The van der Waals surface area contributed by atoms with Gasteiger partial charge in [-0.3, -0.25) is 9.69 Å². The maximum absolute atomic E-state index is 12.0. The van der Waals surface area contributed by atoms with Crippen LogP contribution < -0.4 is 5.32 Å². The van der Waals surface area contributed by atoms with E-state index in [1.54, 1.807) is 0 Å². The second-order valence-electron chi connectivity index (χ2n) is 5.80. The SMILES string of the molecule is O=C(CN1CCCC1CCCO)NC1CCS(=O)(=O)C1. The van der Waals surface area contributed by atoms with Gasteiger partial charge in [-0.2, -0.15) is 0 Å². The van der Waals surface area contributed by atoms with Crippen molar-refractivity contribution in [3.8, 4) is 0 Å². The van der Waals surface area contributed by atoms with Crippen LogP contribution in [0, 0.1) is 0 Å². The van der Waals surface area contributed by atoms with Crippen LogP contribution in [-0.4, -0.2) is 67.6 Å². The Hall–Kier alpha value is -0.660. The number of likely N-dealkylation sites (tertiary alicyclic amines) is 1. The maximum atomic E-state index is 12.0. The number of carbonyl (C=O) groups is 1. The fourth-order valence-corrected chi connectivity index (χ4v) is 4.80. The molecule has 2 saturated heterocycles. The Morgan fingerprint density at radius 2 is 2.15 bits per heavy atom. The van der Waals surface area contributed by atoms with Crippen LogP contribution in [0.5, 0.6) is 0 Å². The van der Waals surface area contributed by atoms with Crippen LogP contribution in [0.2, 0.25) is 0 Å². The second-order valence-corrected chi connectivity index (χ2v) is 8.03. The molecule has 0 spiro atoms. The minimum absolute atomic E-state index is 0.0761. The van der Waals surface area contributed by atoms with E-state index in [1.807, 2.05) is 0 Å². The van der Waals surface area contributed by atoms with Gasteiger partial charge < -0.3 is 10.4 Å². The Morgan fingerprint density at radius 3 is 2.80 bits per heavy atom. The minimum Gasteiger partial charge on any atom is -0.396 e. The minimum atomic E-state index is -2.95. The van der Waals surface area contributed by atoms with Crippen LogP contribution in [0.3, 0.4) is 0 Å². The molecule has 0 aromatic rings. The lowest BCUT2D eigenvalue weighted by molar-refractivity contribution is -0.123. The molecule has 2 heterocycles. The Balaban J connectivity index is 1.76. The van der Waals surface area contributed by atoms with Gasteiger partial charge in [0.25, 0.3) is 0 Å². The number of nitrogens with one attached hydrogen (secondary N) is 1. The molecule has 0 radical (unpaired) electrons. The van der Waals surface area contributed by atoms with E-state index in [9.17, 15) is 13.2 Å². The number of carbonyl (C=O) groups excluding carboxylic acids is 1. The van der Waals surface area contributed by atoms with Crippen LogP contribution >= 0.6 is 0 Å². The number of aliphatic hydroxyl groups excluding tert-OH is 1. The summed E-state index contributed by atoms with van der Waals surface area (Å²) in [7, 11) is -2.95. The molecule has 0 saturated carbocycles. The number of nitrogens with zero attached hydrogens (tertiary/aromatic N) is 1. The molecule has 1 amide bonds. The normalized spacial score (nSPS) is 29.6. The molecule has 0 bridgehead atoms. The molecule has 2 unspecified atom stereocenters. The van der Waals surface area contributed by atoms with Crippen molar-refractivity contribution < 1.29 is 18.3 Å². The maximum Gasteiger partial charge on any atom is 0.234 e. The standard InChI is InChI=1S/C13H24N2O4S/c16-7-2-4-12-3-1-6-15(12)9-13(17)14-11-5-8-20(18,19)10-11/h11-12,16H,1-10H2,(H,14,17). The van der Waals surface area contributed by atoms with E-state index in [-0.39, 0.29) is 30.1 Å². The molecular weight excluding hydrogens is 280 g/mol. The first-order valence-corrected chi connectivity index (χ1v) is 9.17. The summed E-state index contributed by atoms with van der Waals surface area (Å²) in [5.41, 5.74) is 0. The smallest absolute Gasteiger partial charge is 0.234 e. The topological polar surface area (TPSA) is 86.7 Å². The summed E-state index contributed by atoms with van der Waals surface area (Å²) in [5, 5.41) is 11.7. The van der Waals surface area contributed by atoms with Crippen molar-refractivity contribution in [3.63, 3.8) is 0 Å². The van der Waals surface area contributed by atoms with Crippen molar-refractivity contribution in [3.05, 3.63) is 0 Å². The number of sulfone groups is 1. The fraction of sp³-hybridized carbons (Fsp3) is 0.923. The lowest BCUT2D eigenvalue weighted by Gasteiger charge is -2.24. The summed E-state index contributed by atoms with van der Waals surface area (Å²) in [5.74, 6) is 0.177. The van der Waals surface area contributed by atoms with E-state index in [0.29, 0.717) is 19.0 Å². The third-order valence-corrected chi connectivity index (χ3v) is 5.91. The lowest BCUT2D eigenvalue weighted by atomic mass is 10.1. The quantitative estimate of drug-likeness (QED) is 0.692. The van der Waals surface area contributed by atoms with Crippen LogP contribution in [-0.2, 0) is 14.6 Å². The largest absolute Gasteiger partial charge is 0.396 e. The predicted molar refractivity (Wildman–Crippen MR) is 76.1 cm³/mol. The van der Waals surface area contributed by atoms with Crippen molar-refractivity contribution in [2.45, 2.75) is 44.2 Å². The predicted octanol–water partition coefficient (Wildman–Crippen LogP) is -0.473. The zero-order chi connectivity index (χ0) is 14.6. The zero-order valence-electron chi connectivity index (χ0n) is 11.8. The molecule has 20 heavy (non-hydrogen) atoms. The summed E-state index contributed by atoms with van der Waals surface area (Å²) in [4.78, 5) is 14.1. The highest BCUT2D eigenvalue weighted by Crippen LogP contribution is 2.20. The lowest BCUT2D eigenvalue weighted by Crippen LogP contribution is -2.44. The number of amides is 1. The van der Waals surface area contributed by atoms with Gasteiger partial charge in [0.1, 0.15) is 0 Å². The number of rotatable bonds is 6. The molecule has 2 atom stereocenters. The molecule has 6 nitrogen and oxygen atoms in total. The van der Waals surface area contributed by atoms with Gasteiger partial charge in [0.05, 0.1) is 18.1 Å². The first-order chi connectivity index (χ1) is 9.50. The van der Waals surface area contributed by atoms with Crippen molar-refractivity contribution in [2.75, 3.05) is 31.2 Å². The van der Waals surface area contributed by atoms with Crippen LogP contribution in [0.4, 0.5) is 0 Å². The highest BCUT2D eigenvalue weighted by molar-refractivity contribution is 7.91. The number of hydrogen-bond acceptors (Lipinski definition) is 5. The van der Waals surface area contributed by atoms with Gasteiger partial charge in [-0.1, -0.05) is 0 Å². The molecule has 7 heteroatoms. The summed E-state index contributed by atoms with van der Waals surface area (Å²) >= 11 is 0. The highest BCUT2D eigenvalue weighted by Gasteiger charge is 2.30. The van der Waals surface area contributed by atoms with Gasteiger partial charge >= 0.3 is 0 Å². The molecule has 116 valence electrons. The number of hydrogen-bond donors (Lipinski definition) is 2. The third-order valence-electron chi connectivity index (χ3n) is 4.14. The fourth-order valence-electron chi connectivity index (χ4n) is 3.12. The highest BCUT2D eigenvalue weighted by atomic mass is 32.2. The van der Waals surface area contributed by atoms with Gasteiger partial charge in [0.2, 0.25) is 5.91 Å². The Bertz CT molecular complexity index is 438. The van der Waals surface area contributed by atoms with Crippen LogP contribution in [0.15, 0.2) is 0 Å². The van der Waals surface area contributed by atoms with Crippen molar-refractivity contribution in [1.82, 2.24) is 10.2 Å². The Labute approximate surface area is 120 Å². The van der Waals surface area contributed by atoms with Gasteiger partial charge in [0.15, 0.2) is 9.84 Å². The molecule has 2 rings (SSSR count).